The predicted octanol–water partition coefficient (Wildman–Crippen LogP) is 3.48. The van der Waals surface area contributed by atoms with Crippen molar-refractivity contribution in [1.29, 1.82) is 0 Å². The van der Waals surface area contributed by atoms with Crippen molar-refractivity contribution in [3.05, 3.63) is 53.6 Å². The third-order valence-corrected chi connectivity index (χ3v) is 3.86. The Morgan fingerprint density at radius 2 is 2.00 bits per heavy atom. The highest BCUT2D eigenvalue weighted by molar-refractivity contribution is 5.69. The minimum atomic E-state index is 0.206. The Morgan fingerprint density at radius 3 is 2.81 bits per heavy atom. The molecule has 0 saturated heterocycles. The van der Waals surface area contributed by atoms with E-state index in [0.29, 0.717) is 0 Å². The van der Waals surface area contributed by atoms with Gasteiger partial charge in [-0.3, -0.25) is 0 Å². The fourth-order valence-electron chi connectivity index (χ4n) is 2.80. The lowest BCUT2D eigenvalue weighted by Crippen LogP contribution is -2.24. The normalized spacial score (nSPS) is 16.2. The quantitative estimate of drug-likeness (QED) is 0.929. The summed E-state index contributed by atoms with van der Waals surface area (Å²) in [6, 6.07) is 14.8. The second kappa shape index (κ2) is 5.68. The second-order valence-corrected chi connectivity index (χ2v) is 5.85. The van der Waals surface area contributed by atoms with Gasteiger partial charge in [-0.1, -0.05) is 29.8 Å². The van der Waals surface area contributed by atoms with Crippen LogP contribution in [0.2, 0.25) is 0 Å². The van der Waals surface area contributed by atoms with Crippen LogP contribution < -0.4 is 15.0 Å². The number of para-hydroxylation sites is 2. The molecule has 3 nitrogen and oxygen atoms in total. The van der Waals surface area contributed by atoms with Crippen molar-refractivity contribution >= 4 is 11.4 Å². The third-order valence-electron chi connectivity index (χ3n) is 3.86. The third kappa shape index (κ3) is 2.97. The topological polar surface area (TPSA) is 24.5 Å². The average molecular weight is 282 g/mol. The molecule has 1 unspecified atom stereocenters. The van der Waals surface area contributed by atoms with Crippen LogP contribution in [0.25, 0.3) is 0 Å². The van der Waals surface area contributed by atoms with E-state index in [2.05, 4.69) is 73.7 Å². The van der Waals surface area contributed by atoms with E-state index in [1.54, 1.807) is 0 Å². The molecule has 1 N–H and O–H groups in total. The van der Waals surface area contributed by atoms with E-state index in [4.69, 9.17) is 4.74 Å². The van der Waals surface area contributed by atoms with E-state index in [0.717, 1.165) is 24.4 Å². The molecule has 2 aromatic carbocycles. The fourth-order valence-corrected chi connectivity index (χ4v) is 2.80. The van der Waals surface area contributed by atoms with Crippen molar-refractivity contribution < 1.29 is 4.74 Å². The number of nitrogens with one attached hydrogen (secondary N) is 1. The van der Waals surface area contributed by atoms with Gasteiger partial charge in [-0.25, -0.2) is 0 Å². The number of anilines is 2. The summed E-state index contributed by atoms with van der Waals surface area (Å²) in [4.78, 5) is 2.12. The molecule has 1 aliphatic rings. The van der Waals surface area contributed by atoms with Crippen molar-refractivity contribution in [2.45, 2.75) is 19.4 Å². The van der Waals surface area contributed by atoms with E-state index >= 15 is 0 Å². The zero-order valence-corrected chi connectivity index (χ0v) is 12.9. The van der Waals surface area contributed by atoms with Crippen molar-refractivity contribution in [3.8, 4) is 5.75 Å². The summed E-state index contributed by atoms with van der Waals surface area (Å²) in [5, 5.41) is 3.52. The van der Waals surface area contributed by atoms with Crippen LogP contribution in [0.5, 0.6) is 5.75 Å². The Balaban J connectivity index is 1.65. The lowest BCUT2D eigenvalue weighted by atomic mass is 10.1. The van der Waals surface area contributed by atoms with Gasteiger partial charge in [-0.2, -0.15) is 0 Å². The lowest BCUT2D eigenvalue weighted by Gasteiger charge is -2.20. The number of hydrogen-bond acceptors (Lipinski definition) is 3. The van der Waals surface area contributed by atoms with E-state index in [9.17, 15) is 0 Å². The van der Waals surface area contributed by atoms with Gasteiger partial charge in [0.15, 0.2) is 0 Å². The van der Waals surface area contributed by atoms with E-state index in [1.165, 1.54) is 16.8 Å². The van der Waals surface area contributed by atoms with Gasteiger partial charge in [0.05, 0.1) is 17.9 Å². The maximum Gasteiger partial charge on any atom is 0.123 e. The Bertz CT molecular complexity index is 637. The summed E-state index contributed by atoms with van der Waals surface area (Å²) >= 11 is 0. The Kier molecular flexibility index (Phi) is 3.74. The molecular formula is C18H22N2O. The first-order valence-corrected chi connectivity index (χ1v) is 7.40. The van der Waals surface area contributed by atoms with Crippen LogP contribution in [0.1, 0.15) is 11.1 Å². The molecule has 21 heavy (non-hydrogen) atoms. The average Bonchev–Trinajstić information content (AvgIpc) is 2.87. The van der Waals surface area contributed by atoms with Gasteiger partial charge in [0.25, 0.3) is 0 Å². The summed E-state index contributed by atoms with van der Waals surface area (Å²) in [7, 11) is 4.12. The highest BCUT2D eigenvalue weighted by Crippen LogP contribution is 2.30. The van der Waals surface area contributed by atoms with Gasteiger partial charge >= 0.3 is 0 Å². The van der Waals surface area contributed by atoms with E-state index in [-0.39, 0.29) is 6.10 Å². The molecule has 0 fully saturated rings. The number of rotatable bonds is 4. The van der Waals surface area contributed by atoms with Gasteiger partial charge in [0.2, 0.25) is 0 Å². The fraction of sp³-hybridized carbons (Fsp3) is 0.333. The Labute approximate surface area is 126 Å². The van der Waals surface area contributed by atoms with Gasteiger partial charge in [-0.05, 0) is 30.7 Å². The Morgan fingerprint density at radius 1 is 1.19 bits per heavy atom. The molecule has 1 aliphatic heterocycles. The number of benzene rings is 2. The maximum atomic E-state index is 6.01. The number of fused-ring (bicyclic) bond motifs is 1. The molecule has 0 bridgehead atoms. The number of nitrogens with zero attached hydrogens (tertiary/aromatic N) is 1. The summed E-state index contributed by atoms with van der Waals surface area (Å²) in [5.41, 5.74) is 4.97. The molecule has 0 saturated carbocycles. The molecule has 3 heteroatoms. The first-order valence-electron chi connectivity index (χ1n) is 7.40. The van der Waals surface area contributed by atoms with Crippen molar-refractivity contribution in [3.63, 3.8) is 0 Å². The molecule has 1 heterocycles. The van der Waals surface area contributed by atoms with Crippen LogP contribution in [0, 0.1) is 6.92 Å². The molecule has 0 aromatic heterocycles. The van der Waals surface area contributed by atoms with Crippen LogP contribution in [-0.2, 0) is 6.42 Å². The first-order chi connectivity index (χ1) is 10.1. The van der Waals surface area contributed by atoms with Crippen molar-refractivity contribution in [2.75, 3.05) is 30.9 Å². The van der Waals surface area contributed by atoms with Crippen LogP contribution in [0.15, 0.2) is 42.5 Å². The number of hydrogen-bond donors (Lipinski definition) is 1. The molecule has 3 rings (SSSR count). The van der Waals surface area contributed by atoms with Crippen LogP contribution in [0.4, 0.5) is 11.4 Å². The van der Waals surface area contributed by atoms with E-state index in [1.807, 2.05) is 0 Å². The minimum absolute atomic E-state index is 0.206. The largest absolute Gasteiger partial charge is 0.488 e. The first kappa shape index (κ1) is 13.8. The molecule has 0 spiro atoms. The summed E-state index contributed by atoms with van der Waals surface area (Å²) in [6.45, 7) is 2.94. The highest BCUT2D eigenvalue weighted by Gasteiger charge is 2.22. The molecule has 1 atom stereocenters. The smallest absolute Gasteiger partial charge is 0.123 e. The maximum absolute atomic E-state index is 6.01. The van der Waals surface area contributed by atoms with E-state index < -0.39 is 0 Å². The monoisotopic (exact) mass is 282 g/mol. The number of ether oxygens (including phenoxy) is 1. The second-order valence-electron chi connectivity index (χ2n) is 5.85. The summed E-state index contributed by atoms with van der Waals surface area (Å²) < 4.78 is 6.01. The highest BCUT2D eigenvalue weighted by atomic mass is 16.5. The van der Waals surface area contributed by atoms with Crippen LogP contribution in [0.3, 0.4) is 0 Å². The minimum Gasteiger partial charge on any atom is -0.488 e. The van der Waals surface area contributed by atoms with Crippen LogP contribution in [-0.4, -0.2) is 26.7 Å². The molecule has 0 aliphatic carbocycles. The zero-order chi connectivity index (χ0) is 14.8. The summed E-state index contributed by atoms with van der Waals surface area (Å²) in [5.74, 6) is 1.04. The van der Waals surface area contributed by atoms with Gasteiger partial charge < -0.3 is 15.0 Å². The van der Waals surface area contributed by atoms with Gasteiger partial charge in [-0.15, -0.1) is 0 Å². The van der Waals surface area contributed by atoms with Gasteiger partial charge in [0, 0.05) is 20.5 Å². The molecule has 0 radical (unpaired) electrons. The van der Waals surface area contributed by atoms with Crippen molar-refractivity contribution in [1.82, 2.24) is 0 Å². The Hall–Kier alpha value is -2.16. The number of aryl methyl sites for hydroxylation is 1. The standard InChI is InChI=1S/C18H22N2O/c1-13-8-9-18-14(10-13)11-15(21-18)12-19-16-6-4-5-7-17(16)20(2)3/h4-10,15,19H,11-12H2,1-3H3. The predicted molar refractivity (Wildman–Crippen MR) is 88.6 cm³/mol. The lowest BCUT2D eigenvalue weighted by molar-refractivity contribution is 0.246. The molecule has 0 amide bonds. The van der Waals surface area contributed by atoms with Crippen LogP contribution >= 0.6 is 0 Å². The SMILES string of the molecule is Cc1ccc2c(c1)CC(CNc1ccccc1N(C)C)O2. The van der Waals surface area contributed by atoms with Gasteiger partial charge in [0.1, 0.15) is 11.9 Å². The molecule has 110 valence electrons. The molecular weight excluding hydrogens is 260 g/mol. The summed E-state index contributed by atoms with van der Waals surface area (Å²) in [6.07, 6.45) is 1.19. The molecule has 2 aromatic rings. The zero-order valence-electron chi connectivity index (χ0n) is 12.9. The van der Waals surface area contributed by atoms with Crippen molar-refractivity contribution in [2.24, 2.45) is 0 Å².